The van der Waals surface area contributed by atoms with E-state index in [-0.39, 0.29) is 5.25 Å². The van der Waals surface area contributed by atoms with E-state index in [9.17, 15) is 4.79 Å². The van der Waals surface area contributed by atoms with Gasteiger partial charge in [-0.15, -0.1) is 11.8 Å². The highest BCUT2D eigenvalue weighted by Gasteiger charge is 2.16. The third-order valence-corrected chi connectivity index (χ3v) is 3.15. The van der Waals surface area contributed by atoms with Gasteiger partial charge in [-0.3, -0.25) is 4.79 Å². The van der Waals surface area contributed by atoms with E-state index in [0.29, 0.717) is 5.92 Å². The van der Waals surface area contributed by atoms with Crippen molar-refractivity contribution in [3.63, 3.8) is 0 Å². The molecule has 0 fully saturated rings. The van der Waals surface area contributed by atoms with Crippen molar-refractivity contribution in [2.75, 3.05) is 5.75 Å². The summed E-state index contributed by atoms with van der Waals surface area (Å²) in [5, 5.41) is 8.66. The first-order valence-corrected chi connectivity index (χ1v) is 5.97. The molecular weight excluding hydrogens is 184 g/mol. The molecule has 0 spiro atoms. The lowest BCUT2D eigenvalue weighted by Gasteiger charge is -2.11. The highest BCUT2D eigenvalue weighted by atomic mass is 32.2. The number of carboxylic acids is 1. The fraction of sp³-hybridized carbons (Fsp3) is 0.900. The zero-order valence-electron chi connectivity index (χ0n) is 8.75. The first-order chi connectivity index (χ1) is 6.07. The lowest BCUT2D eigenvalue weighted by Crippen LogP contribution is -2.16. The normalized spacial score (nSPS) is 13.2. The van der Waals surface area contributed by atoms with Gasteiger partial charge < -0.3 is 5.11 Å². The number of hydrogen-bond acceptors (Lipinski definition) is 2. The molecule has 0 radical (unpaired) electrons. The molecule has 0 rings (SSSR count). The molecule has 0 amide bonds. The Labute approximate surface area is 85.1 Å². The average molecular weight is 204 g/mol. The van der Waals surface area contributed by atoms with Crippen molar-refractivity contribution < 1.29 is 9.90 Å². The maximum Gasteiger partial charge on any atom is 0.316 e. The maximum atomic E-state index is 10.7. The van der Waals surface area contributed by atoms with E-state index in [1.807, 2.05) is 6.92 Å². The number of aliphatic carboxylic acids is 1. The molecule has 0 bridgehead atoms. The van der Waals surface area contributed by atoms with Gasteiger partial charge in [-0.25, -0.2) is 0 Å². The van der Waals surface area contributed by atoms with Gasteiger partial charge in [0.15, 0.2) is 0 Å². The summed E-state index contributed by atoms with van der Waals surface area (Å²) < 4.78 is 0. The van der Waals surface area contributed by atoms with Crippen LogP contribution in [0.4, 0.5) is 0 Å². The Morgan fingerprint density at radius 1 is 1.38 bits per heavy atom. The van der Waals surface area contributed by atoms with Crippen molar-refractivity contribution in [3.05, 3.63) is 0 Å². The van der Waals surface area contributed by atoms with Gasteiger partial charge in [0, 0.05) is 0 Å². The van der Waals surface area contributed by atoms with E-state index in [4.69, 9.17) is 5.11 Å². The van der Waals surface area contributed by atoms with Crippen molar-refractivity contribution in [1.29, 1.82) is 0 Å². The van der Waals surface area contributed by atoms with Crippen molar-refractivity contribution in [2.45, 2.75) is 45.3 Å². The third-order valence-electron chi connectivity index (χ3n) is 1.84. The smallest absolute Gasteiger partial charge is 0.316 e. The molecule has 1 atom stereocenters. The Balaban J connectivity index is 3.63. The van der Waals surface area contributed by atoms with Crippen molar-refractivity contribution in [3.8, 4) is 0 Å². The van der Waals surface area contributed by atoms with E-state index in [0.717, 1.165) is 25.0 Å². The van der Waals surface area contributed by atoms with Gasteiger partial charge in [-0.1, -0.05) is 27.2 Å². The summed E-state index contributed by atoms with van der Waals surface area (Å²) in [4.78, 5) is 10.7. The summed E-state index contributed by atoms with van der Waals surface area (Å²) in [5.74, 6) is 0.980. The second-order valence-corrected chi connectivity index (χ2v) is 4.98. The fourth-order valence-corrected chi connectivity index (χ4v) is 2.42. The Kier molecular flexibility index (Phi) is 7.14. The predicted molar refractivity (Wildman–Crippen MR) is 58.2 cm³/mol. The number of carbonyl (C=O) groups is 1. The van der Waals surface area contributed by atoms with Crippen LogP contribution in [0.5, 0.6) is 0 Å². The van der Waals surface area contributed by atoms with Gasteiger partial charge in [-0.05, 0) is 24.5 Å². The van der Waals surface area contributed by atoms with E-state index in [1.54, 1.807) is 11.8 Å². The summed E-state index contributed by atoms with van der Waals surface area (Å²) in [6, 6.07) is 0. The highest BCUT2D eigenvalue weighted by molar-refractivity contribution is 8.00. The van der Waals surface area contributed by atoms with E-state index in [2.05, 4.69) is 13.8 Å². The number of carboxylic acid groups (broad SMARTS) is 1. The Morgan fingerprint density at radius 2 is 2.00 bits per heavy atom. The molecule has 1 N–H and O–H groups in total. The molecule has 0 saturated heterocycles. The van der Waals surface area contributed by atoms with Crippen LogP contribution in [0.15, 0.2) is 0 Å². The SMILES string of the molecule is CCCC(SCCC(C)C)C(=O)O. The van der Waals surface area contributed by atoms with Crippen LogP contribution >= 0.6 is 11.8 Å². The lowest BCUT2D eigenvalue weighted by atomic mass is 10.2. The van der Waals surface area contributed by atoms with Crippen LogP contribution in [-0.4, -0.2) is 22.1 Å². The van der Waals surface area contributed by atoms with Crippen molar-refractivity contribution in [1.82, 2.24) is 0 Å². The summed E-state index contributed by atoms with van der Waals surface area (Å²) in [7, 11) is 0. The quantitative estimate of drug-likeness (QED) is 0.692. The lowest BCUT2D eigenvalue weighted by molar-refractivity contribution is -0.136. The minimum atomic E-state index is -0.657. The van der Waals surface area contributed by atoms with Gasteiger partial charge in [0.1, 0.15) is 5.25 Å². The number of thioether (sulfide) groups is 1. The molecule has 0 aromatic rings. The van der Waals surface area contributed by atoms with Gasteiger partial charge >= 0.3 is 5.97 Å². The van der Waals surface area contributed by atoms with Crippen LogP contribution in [0, 0.1) is 5.92 Å². The van der Waals surface area contributed by atoms with Crippen LogP contribution < -0.4 is 0 Å². The topological polar surface area (TPSA) is 37.3 Å². The molecule has 3 heteroatoms. The molecule has 0 aliphatic heterocycles. The summed E-state index contributed by atoms with van der Waals surface area (Å²) in [6.45, 7) is 6.35. The Bertz CT molecular complexity index is 146. The second kappa shape index (κ2) is 7.25. The van der Waals surface area contributed by atoms with E-state index >= 15 is 0 Å². The van der Waals surface area contributed by atoms with Crippen LogP contribution in [0.25, 0.3) is 0 Å². The molecule has 0 aromatic carbocycles. The average Bonchev–Trinajstić information content (AvgIpc) is 2.02. The standard InChI is InChI=1S/C10H20O2S/c1-4-5-9(10(11)12)13-7-6-8(2)3/h8-9H,4-7H2,1-3H3,(H,11,12). The minimum absolute atomic E-state index is 0.191. The van der Waals surface area contributed by atoms with E-state index in [1.165, 1.54) is 0 Å². The van der Waals surface area contributed by atoms with Crippen LogP contribution in [-0.2, 0) is 4.79 Å². The van der Waals surface area contributed by atoms with Gasteiger partial charge in [0.2, 0.25) is 0 Å². The van der Waals surface area contributed by atoms with Crippen molar-refractivity contribution >= 4 is 17.7 Å². The van der Waals surface area contributed by atoms with Crippen molar-refractivity contribution in [2.24, 2.45) is 5.92 Å². The number of hydrogen-bond donors (Lipinski definition) is 1. The first-order valence-electron chi connectivity index (χ1n) is 4.92. The van der Waals surface area contributed by atoms with Crippen LogP contribution in [0.2, 0.25) is 0 Å². The summed E-state index contributed by atoms with van der Waals surface area (Å²) >= 11 is 1.58. The summed E-state index contributed by atoms with van der Waals surface area (Å²) in [5.41, 5.74) is 0. The van der Waals surface area contributed by atoms with Crippen LogP contribution in [0.3, 0.4) is 0 Å². The van der Waals surface area contributed by atoms with Gasteiger partial charge in [0.25, 0.3) is 0 Å². The fourth-order valence-electron chi connectivity index (χ4n) is 0.986. The molecular formula is C10H20O2S. The largest absolute Gasteiger partial charge is 0.480 e. The molecule has 0 heterocycles. The first kappa shape index (κ1) is 12.8. The molecule has 78 valence electrons. The minimum Gasteiger partial charge on any atom is -0.480 e. The third kappa shape index (κ3) is 6.94. The molecule has 13 heavy (non-hydrogen) atoms. The molecule has 1 unspecified atom stereocenters. The predicted octanol–water partition coefficient (Wildman–Crippen LogP) is 3.02. The van der Waals surface area contributed by atoms with Gasteiger partial charge in [0.05, 0.1) is 0 Å². The Hall–Kier alpha value is -0.180. The molecule has 0 aliphatic rings. The summed E-state index contributed by atoms with van der Waals surface area (Å²) in [6.07, 6.45) is 2.85. The molecule has 0 saturated carbocycles. The zero-order chi connectivity index (χ0) is 10.3. The molecule has 2 nitrogen and oxygen atoms in total. The highest BCUT2D eigenvalue weighted by Crippen LogP contribution is 2.19. The maximum absolute atomic E-state index is 10.7. The Morgan fingerprint density at radius 3 is 2.38 bits per heavy atom. The monoisotopic (exact) mass is 204 g/mol. The molecule has 0 aliphatic carbocycles. The van der Waals surface area contributed by atoms with Gasteiger partial charge in [-0.2, -0.15) is 0 Å². The van der Waals surface area contributed by atoms with Crippen LogP contribution in [0.1, 0.15) is 40.0 Å². The number of rotatable bonds is 7. The molecule has 0 aromatic heterocycles. The second-order valence-electron chi connectivity index (χ2n) is 3.67. The zero-order valence-corrected chi connectivity index (χ0v) is 9.56. The van der Waals surface area contributed by atoms with E-state index < -0.39 is 5.97 Å².